The van der Waals surface area contributed by atoms with E-state index in [-0.39, 0.29) is 5.75 Å². The Bertz CT molecular complexity index is 575. The molecule has 0 aliphatic rings. The number of phenolic OH excluding ortho intramolecular Hbond substituents is 1. The molecule has 0 bridgehead atoms. The number of aromatic hydroxyl groups is 1. The Kier molecular flexibility index (Phi) is 3.92. The normalized spacial score (nSPS) is 9.88. The van der Waals surface area contributed by atoms with Crippen LogP contribution in [0.4, 0.5) is 0 Å². The number of nitriles is 1. The van der Waals surface area contributed by atoms with Gasteiger partial charge in [0.05, 0.1) is 5.56 Å². The molecule has 0 radical (unpaired) electrons. The van der Waals surface area contributed by atoms with Gasteiger partial charge in [-0.3, -0.25) is 0 Å². The summed E-state index contributed by atoms with van der Waals surface area (Å²) in [5, 5.41) is 18.3. The lowest BCUT2D eigenvalue weighted by molar-refractivity contribution is 0.475. The zero-order valence-corrected chi connectivity index (χ0v) is 11.7. The molecule has 0 aromatic heterocycles. The number of benzene rings is 2. The van der Waals surface area contributed by atoms with Gasteiger partial charge in [0.15, 0.2) is 0 Å². The molecule has 2 aromatic carbocycles. The van der Waals surface area contributed by atoms with Crippen LogP contribution in [0.2, 0.25) is 0 Å². The Morgan fingerprint density at radius 2 is 1.82 bits per heavy atom. The highest BCUT2D eigenvalue weighted by atomic mass is 127. The van der Waals surface area contributed by atoms with Gasteiger partial charge in [-0.25, -0.2) is 0 Å². The number of nitrogens with zero attached hydrogens (tertiary/aromatic N) is 1. The zero-order chi connectivity index (χ0) is 12.3. The van der Waals surface area contributed by atoms with Crippen LogP contribution in [0.3, 0.4) is 0 Å². The van der Waals surface area contributed by atoms with Crippen molar-refractivity contribution in [2.75, 3.05) is 0 Å². The molecule has 0 saturated carbocycles. The second kappa shape index (κ2) is 5.43. The maximum Gasteiger partial charge on any atom is 0.115 e. The van der Waals surface area contributed by atoms with E-state index in [0.29, 0.717) is 5.56 Å². The predicted octanol–water partition coefficient (Wildman–Crippen LogP) is 4.02. The molecule has 0 aliphatic carbocycles. The molecule has 0 unspecified atom stereocenters. The van der Waals surface area contributed by atoms with Gasteiger partial charge in [-0.2, -0.15) is 5.26 Å². The summed E-state index contributed by atoms with van der Waals surface area (Å²) in [6, 6.07) is 14.9. The Morgan fingerprint density at radius 3 is 2.47 bits per heavy atom. The highest BCUT2D eigenvalue weighted by Gasteiger charge is 2.04. The van der Waals surface area contributed by atoms with Crippen LogP contribution in [0.5, 0.6) is 5.75 Å². The molecule has 0 spiro atoms. The lowest BCUT2D eigenvalue weighted by Gasteiger charge is -2.04. The van der Waals surface area contributed by atoms with E-state index in [2.05, 4.69) is 28.7 Å². The van der Waals surface area contributed by atoms with Gasteiger partial charge in [0.25, 0.3) is 0 Å². The first-order chi connectivity index (χ1) is 8.19. The van der Waals surface area contributed by atoms with Gasteiger partial charge in [-0.1, -0.05) is 11.8 Å². The number of phenols is 1. The summed E-state index contributed by atoms with van der Waals surface area (Å²) >= 11 is 3.71. The first-order valence-electron chi connectivity index (χ1n) is 4.85. The van der Waals surface area contributed by atoms with Crippen molar-refractivity contribution in [3.8, 4) is 11.8 Å². The lowest BCUT2D eigenvalue weighted by Crippen LogP contribution is -1.82. The Hall–Kier alpha value is -1.19. The van der Waals surface area contributed by atoms with Crippen LogP contribution in [-0.4, -0.2) is 5.11 Å². The Balaban J connectivity index is 2.30. The van der Waals surface area contributed by atoms with Crippen LogP contribution in [-0.2, 0) is 0 Å². The SMILES string of the molecule is N#Cc1cc(I)ccc1Sc1ccc(O)cc1. The van der Waals surface area contributed by atoms with Crippen molar-refractivity contribution >= 4 is 34.4 Å². The van der Waals surface area contributed by atoms with Crippen molar-refractivity contribution in [3.05, 3.63) is 51.6 Å². The summed E-state index contributed by atoms with van der Waals surface area (Å²) in [4.78, 5) is 1.93. The second-order valence-electron chi connectivity index (χ2n) is 3.35. The molecule has 2 rings (SSSR count). The third kappa shape index (κ3) is 3.14. The first kappa shape index (κ1) is 12.3. The molecule has 2 nitrogen and oxygen atoms in total. The van der Waals surface area contributed by atoms with Gasteiger partial charge >= 0.3 is 0 Å². The van der Waals surface area contributed by atoms with Gasteiger partial charge in [-0.15, -0.1) is 0 Å². The average Bonchev–Trinajstić information content (AvgIpc) is 2.34. The monoisotopic (exact) mass is 353 g/mol. The van der Waals surface area contributed by atoms with Crippen molar-refractivity contribution in [3.63, 3.8) is 0 Å². The Morgan fingerprint density at radius 1 is 1.12 bits per heavy atom. The summed E-state index contributed by atoms with van der Waals surface area (Å²) in [7, 11) is 0. The van der Waals surface area contributed by atoms with Gasteiger partial charge in [0, 0.05) is 13.4 Å². The fraction of sp³-hybridized carbons (Fsp3) is 0. The van der Waals surface area contributed by atoms with Crippen LogP contribution in [0.15, 0.2) is 52.3 Å². The van der Waals surface area contributed by atoms with Gasteiger partial charge in [0.2, 0.25) is 0 Å². The molecule has 17 heavy (non-hydrogen) atoms. The molecule has 4 heteroatoms. The maximum absolute atomic E-state index is 9.20. The third-order valence-corrected chi connectivity index (χ3v) is 3.88. The largest absolute Gasteiger partial charge is 0.508 e. The minimum atomic E-state index is 0.248. The molecule has 0 heterocycles. The molecule has 2 aromatic rings. The van der Waals surface area contributed by atoms with Crippen molar-refractivity contribution in [1.29, 1.82) is 5.26 Å². The van der Waals surface area contributed by atoms with E-state index in [1.54, 1.807) is 12.1 Å². The fourth-order valence-electron chi connectivity index (χ4n) is 1.32. The summed E-state index contributed by atoms with van der Waals surface area (Å²) in [6.45, 7) is 0. The standard InChI is InChI=1S/C13H8INOS/c14-10-1-6-13(9(7-10)8-15)17-12-4-2-11(16)3-5-12/h1-7,16H. The Labute approximate surface area is 117 Å². The van der Waals surface area contributed by atoms with Gasteiger partial charge in [0.1, 0.15) is 11.8 Å². The van der Waals surface area contributed by atoms with Crippen molar-refractivity contribution in [2.45, 2.75) is 9.79 Å². The summed E-state index contributed by atoms with van der Waals surface area (Å²) < 4.78 is 1.05. The minimum absolute atomic E-state index is 0.248. The average molecular weight is 353 g/mol. The molecule has 0 fully saturated rings. The van der Waals surface area contributed by atoms with E-state index < -0.39 is 0 Å². The minimum Gasteiger partial charge on any atom is -0.508 e. The maximum atomic E-state index is 9.20. The molecule has 0 saturated heterocycles. The van der Waals surface area contributed by atoms with Crippen molar-refractivity contribution in [2.24, 2.45) is 0 Å². The number of hydrogen-bond donors (Lipinski definition) is 1. The van der Waals surface area contributed by atoms with Gasteiger partial charge in [-0.05, 0) is 65.1 Å². The summed E-state index contributed by atoms with van der Waals surface area (Å²) in [6.07, 6.45) is 0. The van der Waals surface area contributed by atoms with E-state index in [0.717, 1.165) is 13.4 Å². The van der Waals surface area contributed by atoms with Crippen LogP contribution in [0.25, 0.3) is 0 Å². The van der Waals surface area contributed by atoms with Crippen LogP contribution < -0.4 is 0 Å². The summed E-state index contributed by atoms with van der Waals surface area (Å²) in [5.74, 6) is 0.248. The molecular weight excluding hydrogens is 345 g/mol. The van der Waals surface area contributed by atoms with Gasteiger partial charge < -0.3 is 5.11 Å². The lowest BCUT2D eigenvalue weighted by atomic mass is 10.2. The van der Waals surface area contributed by atoms with Crippen LogP contribution in [0, 0.1) is 14.9 Å². The molecule has 0 aliphatic heterocycles. The molecule has 0 amide bonds. The predicted molar refractivity (Wildman–Crippen MR) is 76.1 cm³/mol. The fourth-order valence-corrected chi connectivity index (χ4v) is 2.69. The van der Waals surface area contributed by atoms with Crippen LogP contribution >= 0.6 is 34.4 Å². The van der Waals surface area contributed by atoms with Crippen LogP contribution in [0.1, 0.15) is 5.56 Å². The molecule has 0 atom stereocenters. The number of rotatable bonds is 2. The first-order valence-corrected chi connectivity index (χ1v) is 6.75. The highest BCUT2D eigenvalue weighted by molar-refractivity contribution is 14.1. The smallest absolute Gasteiger partial charge is 0.115 e. The zero-order valence-electron chi connectivity index (χ0n) is 8.72. The number of halogens is 1. The molecule has 84 valence electrons. The van der Waals surface area contributed by atoms with E-state index in [1.165, 1.54) is 11.8 Å². The second-order valence-corrected chi connectivity index (χ2v) is 5.71. The van der Waals surface area contributed by atoms with E-state index in [1.807, 2.05) is 30.3 Å². The third-order valence-electron chi connectivity index (χ3n) is 2.13. The molecule has 1 N–H and O–H groups in total. The quantitative estimate of drug-likeness (QED) is 0.830. The highest BCUT2D eigenvalue weighted by Crippen LogP contribution is 2.31. The van der Waals surface area contributed by atoms with E-state index >= 15 is 0 Å². The topological polar surface area (TPSA) is 44.0 Å². The van der Waals surface area contributed by atoms with Crippen molar-refractivity contribution in [1.82, 2.24) is 0 Å². The van der Waals surface area contributed by atoms with E-state index in [9.17, 15) is 5.11 Å². The summed E-state index contributed by atoms with van der Waals surface area (Å²) in [5.41, 5.74) is 0.676. The van der Waals surface area contributed by atoms with Crippen molar-refractivity contribution < 1.29 is 5.11 Å². The van der Waals surface area contributed by atoms with E-state index in [4.69, 9.17) is 5.26 Å². The molecular formula is C13H8INOS. The number of hydrogen-bond acceptors (Lipinski definition) is 3.